The quantitative estimate of drug-likeness (QED) is 0.832. The lowest BCUT2D eigenvalue weighted by molar-refractivity contribution is 0.624. The molecule has 0 aliphatic heterocycles. The highest BCUT2D eigenvalue weighted by molar-refractivity contribution is 7.99. The number of aromatic nitrogens is 1. The highest BCUT2D eigenvalue weighted by Crippen LogP contribution is 2.25. The largest absolute Gasteiger partial charge is 0.383 e. The molecule has 0 fully saturated rings. The summed E-state index contributed by atoms with van der Waals surface area (Å²) in [5.74, 6) is 0.832. The second-order valence-corrected chi connectivity index (χ2v) is 4.95. The predicted molar refractivity (Wildman–Crippen MR) is 72.7 cm³/mol. The van der Waals surface area contributed by atoms with Gasteiger partial charge in [-0.1, -0.05) is 12.1 Å². The third kappa shape index (κ3) is 3.21. The number of anilines is 1. The van der Waals surface area contributed by atoms with Crippen LogP contribution in [0, 0.1) is 5.82 Å². The summed E-state index contributed by atoms with van der Waals surface area (Å²) in [5, 5.41) is 0. The number of rotatable bonds is 4. The van der Waals surface area contributed by atoms with Crippen molar-refractivity contribution in [3.63, 3.8) is 0 Å². The minimum atomic E-state index is -0.241. The molecule has 1 aromatic carbocycles. The average Bonchev–Trinajstić information content (AvgIpc) is 2.37. The molecule has 0 spiro atoms. The molecule has 0 radical (unpaired) electrons. The molecule has 3 nitrogen and oxygen atoms in total. The Bertz CT molecular complexity index is 533. The zero-order chi connectivity index (χ0) is 13.0. The van der Waals surface area contributed by atoms with E-state index < -0.39 is 0 Å². The van der Waals surface area contributed by atoms with Crippen LogP contribution in [0.3, 0.4) is 0 Å². The Morgan fingerprint density at radius 1 is 1.28 bits per heavy atom. The highest BCUT2D eigenvalue weighted by Gasteiger charge is 2.10. The number of nitrogen functional groups attached to an aromatic ring is 1. The second kappa shape index (κ2) is 5.84. The SMILES string of the molecule is Nc1ncccc1C(N)CSc1cccc(F)c1. The van der Waals surface area contributed by atoms with Gasteiger partial charge in [0.25, 0.3) is 0 Å². The second-order valence-electron chi connectivity index (χ2n) is 3.85. The first-order valence-corrected chi connectivity index (χ1v) is 6.49. The third-order valence-electron chi connectivity index (χ3n) is 2.50. The van der Waals surface area contributed by atoms with E-state index in [0.29, 0.717) is 11.6 Å². The molecule has 0 bridgehead atoms. The number of hydrogen-bond donors (Lipinski definition) is 2. The molecule has 1 aromatic heterocycles. The Balaban J connectivity index is 2.00. The maximum atomic E-state index is 13.0. The van der Waals surface area contributed by atoms with E-state index in [1.807, 2.05) is 12.1 Å². The number of pyridine rings is 1. The zero-order valence-electron chi connectivity index (χ0n) is 9.71. The Kier molecular flexibility index (Phi) is 4.17. The molecule has 1 unspecified atom stereocenters. The van der Waals surface area contributed by atoms with Crippen molar-refractivity contribution in [2.45, 2.75) is 10.9 Å². The van der Waals surface area contributed by atoms with Crippen LogP contribution >= 0.6 is 11.8 Å². The van der Waals surface area contributed by atoms with Crippen LogP contribution in [0.15, 0.2) is 47.5 Å². The molecule has 2 rings (SSSR count). The molecule has 1 heterocycles. The van der Waals surface area contributed by atoms with E-state index in [1.165, 1.54) is 23.9 Å². The van der Waals surface area contributed by atoms with E-state index in [-0.39, 0.29) is 11.9 Å². The highest BCUT2D eigenvalue weighted by atomic mass is 32.2. The van der Waals surface area contributed by atoms with E-state index in [0.717, 1.165) is 10.5 Å². The van der Waals surface area contributed by atoms with Crippen LogP contribution in [0.4, 0.5) is 10.2 Å². The molecule has 0 saturated heterocycles. The summed E-state index contributed by atoms with van der Waals surface area (Å²) < 4.78 is 13.0. The zero-order valence-corrected chi connectivity index (χ0v) is 10.5. The van der Waals surface area contributed by atoms with Gasteiger partial charge in [0.15, 0.2) is 0 Å². The number of nitrogens with zero attached hydrogens (tertiary/aromatic N) is 1. The molecule has 94 valence electrons. The molecule has 0 amide bonds. The molecular weight excluding hydrogens is 249 g/mol. The molecule has 0 saturated carbocycles. The molecule has 0 aliphatic carbocycles. The Morgan fingerprint density at radius 2 is 2.11 bits per heavy atom. The number of nitrogens with two attached hydrogens (primary N) is 2. The minimum Gasteiger partial charge on any atom is -0.383 e. The van der Waals surface area contributed by atoms with Crippen LogP contribution < -0.4 is 11.5 Å². The van der Waals surface area contributed by atoms with Gasteiger partial charge in [0.1, 0.15) is 11.6 Å². The summed E-state index contributed by atoms with van der Waals surface area (Å²) in [7, 11) is 0. The fraction of sp³-hybridized carbons (Fsp3) is 0.154. The summed E-state index contributed by atoms with van der Waals surface area (Å²) in [4.78, 5) is 4.85. The third-order valence-corrected chi connectivity index (χ3v) is 3.61. The van der Waals surface area contributed by atoms with Gasteiger partial charge < -0.3 is 11.5 Å². The van der Waals surface area contributed by atoms with Gasteiger partial charge in [-0.15, -0.1) is 11.8 Å². The van der Waals surface area contributed by atoms with Crippen molar-refractivity contribution in [1.82, 2.24) is 4.98 Å². The van der Waals surface area contributed by atoms with Crippen LogP contribution in [-0.2, 0) is 0 Å². The first-order valence-electron chi connectivity index (χ1n) is 5.51. The lowest BCUT2D eigenvalue weighted by Gasteiger charge is -2.13. The van der Waals surface area contributed by atoms with E-state index >= 15 is 0 Å². The van der Waals surface area contributed by atoms with Crippen molar-refractivity contribution in [3.05, 3.63) is 54.0 Å². The number of thioether (sulfide) groups is 1. The minimum absolute atomic E-state index is 0.216. The molecule has 2 aromatic rings. The Labute approximate surface area is 109 Å². The van der Waals surface area contributed by atoms with Crippen molar-refractivity contribution >= 4 is 17.6 Å². The van der Waals surface area contributed by atoms with Crippen molar-refractivity contribution in [2.24, 2.45) is 5.73 Å². The van der Waals surface area contributed by atoms with Crippen molar-refractivity contribution in [1.29, 1.82) is 0 Å². The fourth-order valence-electron chi connectivity index (χ4n) is 1.58. The summed E-state index contributed by atoms with van der Waals surface area (Å²) >= 11 is 1.50. The predicted octanol–water partition coefficient (Wildman–Crippen LogP) is 2.60. The Morgan fingerprint density at radius 3 is 2.83 bits per heavy atom. The van der Waals surface area contributed by atoms with Crippen LogP contribution in [0.5, 0.6) is 0 Å². The number of benzene rings is 1. The van der Waals surface area contributed by atoms with Crippen molar-refractivity contribution in [2.75, 3.05) is 11.5 Å². The van der Waals surface area contributed by atoms with E-state index in [1.54, 1.807) is 18.3 Å². The fourth-order valence-corrected chi connectivity index (χ4v) is 2.50. The van der Waals surface area contributed by atoms with Crippen LogP contribution in [0.2, 0.25) is 0 Å². The smallest absolute Gasteiger partial charge is 0.128 e. The summed E-state index contributed by atoms with van der Waals surface area (Å²) in [5.41, 5.74) is 12.6. The Hall–Kier alpha value is -1.59. The lowest BCUT2D eigenvalue weighted by atomic mass is 10.1. The van der Waals surface area contributed by atoms with Gasteiger partial charge in [-0.25, -0.2) is 9.37 Å². The van der Waals surface area contributed by atoms with E-state index in [2.05, 4.69) is 4.98 Å². The maximum absolute atomic E-state index is 13.0. The van der Waals surface area contributed by atoms with Crippen molar-refractivity contribution < 1.29 is 4.39 Å². The molecular formula is C13H14FN3S. The van der Waals surface area contributed by atoms with Gasteiger partial charge in [0.2, 0.25) is 0 Å². The van der Waals surface area contributed by atoms with Gasteiger partial charge >= 0.3 is 0 Å². The van der Waals surface area contributed by atoms with Crippen molar-refractivity contribution in [3.8, 4) is 0 Å². The lowest BCUT2D eigenvalue weighted by Crippen LogP contribution is -2.15. The van der Waals surface area contributed by atoms with Gasteiger partial charge in [-0.05, 0) is 24.3 Å². The van der Waals surface area contributed by atoms with E-state index in [9.17, 15) is 4.39 Å². The van der Waals surface area contributed by atoms with E-state index in [4.69, 9.17) is 11.5 Å². The van der Waals surface area contributed by atoms with Gasteiger partial charge in [0, 0.05) is 28.5 Å². The first kappa shape index (κ1) is 12.9. The summed E-state index contributed by atoms with van der Waals surface area (Å²) in [6, 6.07) is 9.89. The molecule has 4 N–H and O–H groups in total. The molecule has 0 aliphatic rings. The number of halogens is 1. The average molecular weight is 263 g/mol. The summed E-state index contributed by atoms with van der Waals surface area (Å²) in [6.45, 7) is 0. The van der Waals surface area contributed by atoms with Crippen LogP contribution in [0.25, 0.3) is 0 Å². The van der Waals surface area contributed by atoms with Gasteiger partial charge in [-0.3, -0.25) is 0 Å². The van der Waals surface area contributed by atoms with Gasteiger partial charge in [-0.2, -0.15) is 0 Å². The molecule has 5 heteroatoms. The number of hydrogen-bond acceptors (Lipinski definition) is 4. The monoisotopic (exact) mass is 263 g/mol. The topological polar surface area (TPSA) is 64.9 Å². The standard InChI is InChI=1S/C13H14FN3S/c14-9-3-1-4-10(7-9)18-8-12(15)11-5-2-6-17-13(11)16/h1-7,12H,8,15H2,(H2,16,17). The van der Waals surface area contributed by atoms with Crippen LogP contribution in [-0.4, -0.2) is 10.7 Å². The first-order chi connectivity index (χ1) is 8.66. The summed E-state index contributed by atoms with van der Waals surface area (Å²) in [6.07, 6.45) is 1.63. The molecule has 18 heavy (non-hydrogen) atoms. The van der Waals surface area contributed by atoms with Crippen LogP contribution in [0.1, 0.15) is 11.6 Å². The molecule has 1 atom stereocenters. The normalized spacial score (nSPS) is 12.3. The maximum Gasteiger partial charge on any atom is 0.128 e. The van der Waals surface area contributed by atoms with Gasteiger partial charge in [0.05, 0.1) is 0 Å².